The minimum Gasteiger partial charge on any atom is -0.269 e. The van der Waals surface area contributed by atoms with E-state index in [-0.39, 0.29) is 11.8 Å². The summed E-state index contributed by atoms with van der Waals surface area (Å²) in [5.74, 6) is -0.0620. The van der Waals surface area contributed by atoms with Crippen molar-refractivity contribution in [2.24, 2.45) is 5.92 Å². The number of hydrogen-bond donors (Lipinski definition) is 0. The van der Waals surface area contributed by atoms with Crippen LogP contribution in [0.2, 0.25) is 0 Å². The number of nitrogens with zero attached hydrogens (tertiary/aromatic N) is 2. The Bertz CT molecular complexity index is 437. The average molecular weight is 232 g/mol. The van der Waals surface area contributed by atoms with Gasteiger partial charge >= 0.3 is 0 Å². The van der Waals surface area contributed by atoms with Gasteiger partial charge in [-0.25, -0.2) is 0 Å². The molecule has 0 saturated heterocycles. The molecule has 0 atom stereocenters. The molecular formula is C13H16N2O2. The summed E-state index contributed by atoms with van der Waals surface area (Å²) in [5, 5.41) is 9.39. The lowest BCUT2D eigenvalue weighted by molar-refractivity contribution is -0.143. The van der Waals surface area contributed by atoms with E-state index in [4.69, 9.17) is 0 Å². The third kappa shape index (κ3) is 1.76. The molecule has 1 aliphatic carbocycles. The predicted molar refractivity (Wildman–Crippen MR) is 61.6 cm³/mol. The maximum Gasteiger partial charge on any atom is 0.257 e. The Kier molecular flexibility index (Phi) is 2.78. The summed E-state index contributed by atoms with van der Waals surface area (Å²) in [4.78, 5) is 24.9. The normalized spacial score (nSPS) is 33.6. The lowest BCUT2D eigenvalue weighted by Gasteiger charge is -2.39. The predicted octanol–water partition coefficient (Wildman–Crippen LogP) is 1.77. The maximum absolute atomic E-state index is 11.9. The van der Waals surface area contributed by atoms with Crippen LogP contribution in [0.5, 0.6) is 0 Å². The van der Waals surface area contributed by atoms with Gasteiger partial charge in [0.1, 0.15) is 5.54 Å². The zero-order valence-corrected chi connectivity index (χ0v) is 10.2. The Morgan fingerprint density at radius 1 is 1.41 bits per heavy atom. The Hall–Kier alpha value is -1.63. The molecule has 90 valence electrons. The van der Waals surface area contributed by atoms with Gasteiger partial charge in [-0.1, -0.05) is 6.92 Å². The van der Waals surface area contributed by atoms with Crippen molar-refractivity contribution >= 4 is 11.8 Å². The summed E-state index contributed by atoms with van der Waals surface area (Å²) in [6.45, 7) is 3.76. The van der Waals surface area contributed by atoms with E-state index in [9.17, 15) is 14.9 Å². The fourth-order valence-electron chi connectivity index (χ4n) is 2.62. The first kappa shape index (κ1) is 11.8. The van der Waals surface area contributed by atoms with Crippen LogP contribution < -0.4 is 0 Å². The molecule has 2 aliphatic rings. The van der Waals surface area contributed by atoms with E-state index in [0.717, 1.165) is 12.8 Å². The number of nitriles is 1. The molecule has 0 bridgehead atoms. The number of carbonyl (C=O) groups excluding carboxylic acids is 2. The molecule has 0 aromatic rings. The second-order valence-electron chi connectivity index (χ2n) is 5.13. The van der Waals surface area contributed by atoms with Gasteiger partial charge in [0.2, 0.25) is 0 Å². The van der Waals surface area contributed by atoms with Crippen molar-refractivity contribution in [3.63, 3.8) is 0 Å². The van der Waals surface area contributed by atoms with Crippen LogP contribution in [0.3, 0.4) is 0 Å². The first-order valence-electron chi connectivity index (χ1n) is 5.98. The standard InChI is InChI=1S/C13H16N2O2/c1-9-3-5-13(8-14,6-4-9)15-11(16)7-10(2)12(15)17/h7,9H,3-6H2,1-2H3. The van der Waals surface area contributed by atoms with Crippen molar-refractivity contribution in [3.8, 4) is 6.07 Å². The van der Waals surface area contributed by atoms with Crippen LogP contribution in [0.25, 0.3) is 0 Å². The number of imide groups is 1. The number of rotatable bonds is 1. The molecule has 0 aromatic heterocycles. The third-order valence-corrected chi connectivity index (χ3v) is 3.84. The summed E-state index contributed by atoms with van der Waals surface area (Å²) in [5.41, 5.74) is -0.474. The van der Waals surface area contributed by atoms with Gasteiger partial charge in [0.25, 0.3) is 11.8 Å². The molecule has 0 spiro atoms. The maximum atomic E-state index is 11.9. The summed E-state index contributed by atoms with van der Waals surface area (Å²) >= 11 is 0. The molecule has 1 aliphatic heterocycles. The average Bonchev–Trinajstić information content (AvgIpc) is 2.56. The highest BCUT2D eigenvalue weighted by molar-refractivity contribution is 6.16. The van der Waals surface area contributed by atoms with Crippen LogP contribution >= 0.6 is 0 Å². The van der Waals surface area contributed by atoms with E-state index < -0.39 is 5.54 Å². The van der Waals surface area contributed by atoms with E-state index in [1.165, 1.54) is 11.0 Å². The highest BCUT2D eigenvalue weighted by Gasteiger charge is 2.47. The Balaban J connectivity index is 2.29. The lowest BCUT2D eigenvalue weighted by atomic mass is 9.77. The van der Waals surface area contributed by atoms with Crippen LogP contribution in [0.4, 0.5) is 0 Å². The molecule has 1 saturated carbocycles. The van der Waals surface area contributed by atoms with Gasteiger partial charge in [-0.15, -0.1) is 0 Å². The van der Waals surface area contributed by atoms with E-state index in [2.05, 4.69) is 13.0 Å². The van der Waals surface area contributed by atoms with Crippen molar-refractivity contribution in [2.45, 2.75) is 45.1 Å². The van der Waals surface area contributed by atoms with Crippen LogP contribution in [0, 0.1) is 17.2 Å². The fourth-order valence-corrected chi connectivity index (χ4v) is 2.62. The van der Waals surface area contributed by atoms with Crippen molar-refractivity contribution < 1.29 is 9.59 Å². The van der Waals surface area contributed by atoms with Gasteiger partial charge in [0.05, 0.1) is 6.07 Å². The van der Waals surface area contributed by atoms with Crippen LogP contribution in [-0.2, 0) is 9.59 Å². The van der Waals surface area contributed by atoms with Crippen LogP contribution in [0.15, 0.2) is 11.6 Å². The van der Waals surface area contributed by atoms with Crippen molar-refractivity contribution in [1.29, 1.82) is 5.26 Å². The fraction of sp³-hybridized carbons (Fsp3) is 0.615. The molecule has 0 unspecified atom stereocenters. The molecule has 0 radical (unpaired) electrons. The minimum absolute atomic E-state index is 0.300. The highest BCUT2D eigenvalue weighted by atomic mass is 16.2. The molecule has 2 rings (SSSR count). The Morgan fingerprint density at radius 3 is 2.41 bits per heavy atom. The first-order chi connectivity index (χ1) is 8.00. The highest BCUT2D eigenvalue weighted by Crippen LogP contribution is 2.38. The second kappa shape index (κ2) is 3.99. The Morgan fingerprint density at radius 2 is 2.00 bits per heavy atom. The molecule has 17 heavy (non-hydrogen) atoms. The van der Waals surface area contributed by atoms with Gasteiger partial charge in [0, 0.05) is 11.6 Å². The zero-order valence-electron chi connectivity index (χ0n) is 10.2. The van der Waals surface area contributed by atoms with Gasteiger partial charge in [-0.05, 0) is 38.5 Å². The Labute approximate surface area is 101 Å². The lowest BCUT2D eigenvalue weighted by Crippen LogP contribution is -2.53. The summed E-state index contributed by atoms with van der Waals surface area (Å²) < 4.78 is 0. The molecule has 1 heterocycles. The van der Waals surface area contributed by atoms with Crippen LogP contribution in [-0.4, -0.2) is 22.3 Å². The van der Waals surface area contributed by atoms with Gasteiger partial charge < -0.3 is 0 Å². The summed E-state index contributed by atoms with van der Waals surface area (Å²) in [6.07, 6.45) is 4.32. The molecule has 0 aromatic carbocycles. The number of carbonyl (C=O) groups is 2. The van der Waals surface area contributed by atoms with Crippen molar-refractivity contribution in [2.75, 3.05) is 0 Å². The smallest absolute Gasteiger partial charge is 0.257 e. The largest absolute Gasteiger partial charge is 0.269 e. The molecular weight excluding hydrogens is 216 g/mol. The summed E-state index contributed by atoms with van der Waals surface area (Å²) in [6, 6.07) is 2.21. The van der Waals surface area contributed by atoms with Gasteiger partial charge in [-0.2, -0.15) is 5.26 Å². The topological polar surface area (TPSA) is 61.2 Å². The van der Waals surface area contributed by atoms with Crippen molar-refractivity contribution in [3.05, 3.63) is 11.6 Å². The van der Waals surface area contributed by atoms with Gasteiger partial charge in [-0.3, -0.25) is 14.5 Å². The SMILES string of the molecule is CC1=CC(=O)N(C2(C#N)CCC(C)CC2)C1=O. The third-order valence-electron chi connectivity index (χ3n) is 3.84. The molecule has 4 heteroatoms. The first-order valence-corrected chi connectivity index (χ1v) is 5.98. The molecule has 0 N–H and O–H groups in total. The van der Waals surface area contributed by atoms with E-state index in [1.807, 2.05) is 0 Å². The van der Waals surface area contributed by atoms with E-state index >= 15 is 0 Å². The number of amides is 2. The molecule has 2 amide bonds. The molecule has 4 nitrogen and oxygen atoms in total. The van der Waals surface area contributed by atoms with E-state index in [0.29, 0.717) is 24.3 Å². The summed E-state index contributed by atoms with van der Waals surface area (Å²) in [7, 11) is 0. The van der Waals surface area contributed by atoms with Crippen LogP contribution in [0.1, 0.15) is 39.5 Å². The second-order valence-corrected chi connectivity index (χ2v) is 5.13. The van der Waals surface area contributed by atoms with Gasteiger partial charge in [0.15, 0.2) is 0 Å². The molecule has 1 fully saturated rings. The van der Waals surface area contributed by atoms with E-state index in [1.54, 1.807) is 6.92 Å². The quantitative estimate of drug-likeness (QED) is 0.647. The monoisotopic (exact) mass is 232 g/mol. The number of hydrogen-bond acceptors (Lipinski definition) is 3. The van der Waals surface area contributed by atoms with Crippen molar-refractivity contribution in [1.82, 2.24) is 4.90 Å². The zero-order chi connectivity index (χ0) is 12.6. The minimum atomic E-state index is -0.908.